The molecule has 0 saturated carbocycles. The summed E-state index contributed by atoms with van der Waals surface area (Å²) >= 11 is 7.10. The summed E-state index contributed by atoms with van der Waals surface area (Å²) in [6.07, 6.45) is 0. The van der Waals surface area contributed by atoms with Crippen molar-refractivity contribution in [2.24, 2.45) is 15.9 Å². The number of amides is 4. The van der Waals surface area contributed by atoms with Crippen LogP contribution in [0.2, 0.25) is 5.02 Å². The quantitative estimate of drug-likeness (QED) is 0.728. The van der Waals surface area contributed by atoms with Crippen molar-refractivity contribution in [3.63, 3.8) is 0 Å². The number of amidine groups is 2. The van der Waals surface area contributed by atoms with Crippen LogP contribution in [0, 0.1) is 5.92 Å². The van der Waals surface area contributed by atoms with Crippen LogP contribution in [0.15, 0.2) is 28.2 Å². The molecule has 2 aliphatic heterocycles. The third-order valence-corrected chi connectivity index (χ3v) is 5.60. The number of nitrogens with one attached hydrogen (secondary N) is 1. The van der Waals surface area contributed by atoms with Gasteiger partial charge >= 0.3 is 11.9 Å². The van der Waals surface area contributed by atoms with Crippen LogP contribution in [0.25, 0.3) is 0 Å². The van der Waals surface area contributed by atoms with E-state index in [9.17, 15) is 14.4 Å². The maximum atomic E-state index is 12.7. The zero-order valence-corrected chi connectivity index (χ0v) is 17.8. The van der Waals surface area contributed by atoms with Crippen molar-refractivity contribution in [1.29, 1.82) is 0 Å². The van der Waals surface area contributed by atoms with Crippen molar-refractivity contribution < 1.29 is 23.7 Å². The summed E-state index contributed by atoms with van der Waals surface area (Å²) in [5.74, 6) is -0.364. The van der Waals surface area contributed by atoms with E-state index in [1.54, 1.807) is 32.2 Å². The lowest BCUT2D eigenvalue weighted by Gasteiger charge is -2.26. The number of rotatable bonds is 4. The number of methoxy groups -OCH3 is 1. The molecule has 29 heavy (non-hydrogen) atoms. The van der Waals surface area contributed by atoms with Crippen LogP contribution < -0.4 is 10.1 Å². The van der Waals surface area contributed by atoms with Crippen molar-refractivity contribution in [2.45, 2.75) is 6.92 Å². The number of ether oxygens (including phenoxy) is 1. The van der Waals surface area contributed by atoms with E-state index in [0.717, 1.165) is 16.7 Å². The SMILES string of the molecule is COc1ccc(Cl)cc1NC(=O)CSC1=NC(C)=NC2=[N+](C)C(=O)N(C)C(=O)C12. The zero-order chi connectivity index (χ0) is 21.3. The molecule has 0 bridgehead atoms. The second kappa shape index (κ2) is 8.34. The molecule has 1 aromatic rings. The summed E-state index contributed by atoms with van der Waals surface area (Å²) in [5, 5.41) is 3.61. The third kappa shape index (κ3) is 4.18. The van der Waals surface area contributed by atoms with Crippen LogP contribution in [0.4, 0.5) is 10.5 Å². The second-order valence-corrected chi connectivity index (χ2v) is 7.75. The molecule has 1 aromatic carbocycles. The van der Waals surface area contributed by atoms with E-state index >= 15 is 0 Å². The molecule has 152 valence electrons. The van der Waals surface area contributed by atoms with Crippen LogP contribution in [0.5, 0.6) is 5.75 Å². The minimum atomic E-state index is -0.815. The Morgan fingerprint density at radius 2 is 2.10 bits per heavy atom. The minimum absolute atomic E-state index is 0.000214. The summed E-state index contributed by atoms with van der Waals surface area (Å²) < 4.78 is 6.54. The summed E-state index contributed by atoms with van der Waals surface area (Å²) in [6, 6.07) is 4.43. The largest absolute Gasteiger partial charge is 0.495 e. The maximum absolute atomic E-state index is 12.7. The van der Waals surface area contributed by atoms with Crippen LogP contribution >= 0.6 is 23.4 Å². The van der Waals surface area contributed by atoms with E-state index in [0.29, 0.717) is 33.2 Å². The number of carbonyl (C=O) groups is 3. The Labute approximate surface area is 176 Å². The molecule has 1 atom stereocenters. The van der Waals surface area contributed by atoms with Gasteiger partial charge in [-0.1, -0.05) is 28.4 Å². The van der Waals surface area contributed by atoms with Crippen LogP contribution in [0.1, 0.15) is 6.92 Å². The first-order valence-electron chi connectivity index (χ1n) is 8.55. The number of nitrogens with zero attached hydrogens (tertiary/aromatic N) is 4. The highest BCUT2D eigenvalue weighted by Crippen LogP contribution is 2.29. The molecule has 2 heterocycles. The number of carbonyl (C=O) groups excluding carboxylic acids is 3. The Hall–Kier alpha value is -2.72. The molecular weight excluding hydrogens is 418 g/mol. The lowest BCUT2D eigenvalue weighted by molar-refractivity contribution is -0.407. The van der Waals surface area contributed by atoms with E-state index < -0.39 is 17.9 Å². The highest BCUT2D eigenvalue weighted by molar-refractivity contribution is 8.14. The van der Waals surface area contributed by atoms with Crippen molar-refractivity contribution in [3.05, 3.63) is 23.2 Å². The van der Waals surface area contributed by atoms with Crippen LogP contribution in [-0.2, 0) is 9.59 Å². The van der Waals surface area contributed by atoms with Crippen molar-refractivity contribution >= 4 is 63.6 Å². The van der Waals surface area contributed by atoms with Gasteiger partial charge in [-0.15, -0.1) is 0 Å². The Balaban J connectivity index is 1.77. The number of anilines is 1. The molecule has 2 aliphatic rings. The number of urea groups is 1. The molecule has 1 N–H and O–H groups in total. The fraction of sp³-hybridized carbons (Fsp3) is 0.333. The number of thioether (sulfide) groups is 1. The number of benzene rings is 1. The first-order chi connectivity index (χ1) is 13.7. The van der Waals surface area contributed by atoms with Gasteiger partial charge in [-0.3, -0.25) is 9.59 Å². The fourth-order valence-corrected chi connectivity index (χ4v) is 4.00. The standard InChI is InChI=1S/C18H18ClN5O4S/c1-9-20-15-14(17(26)24(3)18(27)23(15)2)16(21-9)29-8-13(25)22-11-7-10(19)5-6-12(11)28-4/h5-7,14H,8H2,1-4H3/p+1. The maximum Gasteiger partial charge on any atom is 0.445 e. The smallest absolute Gasteiger partial charge is 0.445 e. The molecular formula is C18H19ClN5O4S+. The van der Waals surface area contributed by atoms with Gasteiger partial charge in [-0.2, -0.15) is 9.48 Å². The first-order valence-corrected chi connectivity index (χ1v) is 9.91. The van der Waals surface area contributed by atoms with Crippen LogP contribution in [0.3, 0.4) is 0 Å². The zero-order valence-electron chi connectivity index (χ0n) is 16.2. The number of halogens is 1. The molecule has 11 heteroatoms. The lowest BCUT2D eigenvalue weighted by atomic mass is 10.1. The second-order valence-electron chi connectivity index (χ2n) is 6.32. The van der Waals surface area contributed by atoms with Gasteiger partial charge in [0, 0.05) is 11.9 Å². The summed E-state index contributed by atoms with van der Waals surface area (Å²) in [7, 11) is 4.45. The number of imide groups is 1. The molecule has 0 fully saturated rings. The topological polar surface area (TPSA) is 103 Å². The van der Waals surface area contributed by atoms with E-state index in [1.165, 1.54) is 18.7 Å². The molecule has 0 aromatic heterocycles. The van der Waals surface area contributed by atoms with Gasteiger partial charge in [-0.25, -0.2) is 9.79 Å². The number of aliphatic imine (C=N–C) groups is 2. The van der Waals surface area contributed by atoms with Crippen LogP contribution in [-0.4, -0.2) is 71.0 Å². The molecule has 0 saturated heterocycles. The Morgan fingerprint density at radius 1 is 1.38 bits per heavy atom. The first kappa shape index (κ1) is 21.0. The predicted molar refractivity (Wildman–Crippen MR) is 112 cm³/mol. The molecule has 0 radical (unpaired) electrons. The third-order valence-electron chi connectivity index (χ3n) is 4.34. The summed E-state index contributed by atoms with van der Waals surface area (Å²) in [4.78, 5) is 46.9. The fourth-order valence-electron chi connectivity index (χ4n) is 2.90. The summed E-state index contributed by atoms with van der Waals surface area (Å²) in [5.41, 5.74) is 0.444. The van der Waals surface area contributed by atoms with Gasteiger partial charge in [0.2, 0.25) is 11.7 Å². The normalized spacial score (nSPS) is 18.9. The average Bonchev–Trinajstić information content (AvgIpc) is 2.68. The van der Waals surface area contributed by atoms with Crippen molar-refractivity contribution in [3.8, 4) is 5.75 Å². The van der Waals surface area contributed by atoms with Gasteiger partial charge in [0.05, 0.1) is 32.6 Å². The molecule has 1 unspecified atom stereocenters. The Kier molecular flexibility index (Phi) is 6.04. The number of hydrogen-bond donors (Lipinski definition) is 1. The monoisotopic (exact) mass is 436 g/mol. The lowest BCUT2D eigenvalue weighted by Crippen LogP contribution is -2.54. The van der Waals surface area contributed by atoms with Crippen molar-refractivity contribution in [2.75, 3.05) is 32.3 Å². The van der Waals surface area contributed by atoms with Gasteiger partial charge in [0.15, 0.2) is 5.92 Å². The highest BCUT2D eigenvalue weighted by atomic mass is 35.5. The van der Waals surface area contributed by atoms with E-state index in [4.69, 9.17) is 16.3 Å². The average molecular weight is 437 g/mol. The van der Waals surface area contributed by atoms with Gasteiger partial charge < -0.3 is 10.1 Å². The predicted octanol–water partition coefficient (Wildman–Crippen LogP) is 2.10. The molecule has 3 rings (SSSR count). The van der Waals surface area contributed by atoms with Gasteiger partial charge in [0.25, 0.3) is 5.84 Å². The van der Waals surface area contributed by atoms with Gasteiger partial charge in [-0.05, 0) is 18.2 Å². The van der Waals surface area contributed by atoms with E-state index in [2.05, 4.69) is 15.3 Å². The molecule has 9 nitrogen and oxygen atoms in total. The number of hydrogen-bond acceptors (Lipinski definition) is 7. The Morgan fingerprint density at radius 3 is 2.79 bits per heavy atom. The molecule has 0 spiro atoms. The van der Waals surface area contributed by atoms with E-state index in [-0.39, 0.29) is 11.7 Å². The Bertz CT molecular complexity index is 1000. The number of fused-ring (bicyclic) bond motifs is 1. The highest BCUT2D eigenvalue weighted by Gasteiger charge is 2.48. The van der Waals surface area contributed by atoms with Gasteiger partial charge in [0.1, 0.15) is 10.8 Å². The molecule has 0 aliphatic carbocycles. The van der Waals surface area contributed by atoms with E-state index in [1.807, 2.05) is 0 Å². The van der Waals surface area contributed by atoms with Crippen molar-refractivity contribution in [1.82, 2.24) is 4.90 Å². The minimum Gasteiger partial charge on any atom is -0.495 e. The molecule has 4 amide bonds. The summed E-state index contributed by atoms with van der Waals surface area (Å²) in [6.45, 7) is 1.67.